The van der Waals surface area contributed by atoms with Crippen LogP contribution in [0.4, 0.5) is 10.5 Å². The molecule has 0 bridgehead atoms. The van der Waals surface area contributed by atoms with E-state index in [-0.39, 0.29) is 11.9 Å². The second-order valence-electron chi connectivity index (χ2n) is 5.77. The molecule has 2 saturated heterocycles. The summed E-state index contributed by atoms with van der Waals surface area (Å²) in [4.78, 5) is 28.4. The molecule has 5 heteroatoms. The molecule has 2 fully saturated rings. The summed E-state index contributed by atoms with van der Waals surface area (Å²) in [6.45, 7) is 3.65. The van der Waals surface area contributed by atoms with Crippen LogP contribution >= 0.6 is 0 Å². The number of hydrogen-bond acceptors (Lipinski definition) is 3. The van der Waals surface area contributed by atoms with Gasteiger partial charge in [0.15, 0.2) is 0 Å². The third-order valence-electron chi connectivity index (χ3n) is 4.38. The number of urea groups is 1. The van der Waals surface area contributed by atoms with E-state index >= 15 is 0 Å². The molecule has 5 nitrogen and oxygen atoms in total. The maximum atomic E-state index is 12.3. The minimum absolute atomic E-state index is 0.156. The fourth-order valence-corrected chi connectivity index (χ4v) is 3.06. The fraction of sp³-hybridized carbons (Fsp3) is 0.467. The number of aryl methyl sites for hydroxylation is 1. The van der Waals surface area contributed by atoms with E-state index in [4.69, 9.17) is 0 Å². The molecule has 2 heterocycles. The number of amides is 3. The summed E-state index contributed by atoms with van der Waals surface area (Å²) in [5.74, 6) is -0.156. The molecule has 106 valence electrons. The van der Waals surface area contributed by atoms with Crippen molar-refractivity contribution in [2.45, 2.75) is 25.3 Å². The van der Waals surface area contributed by atoms with E-state index in [0.29, 0.717) is 12.8 Å². The van der Waals surface area contributed by atoms with Crippen LogP contribution in [-0.4, -0.2) is 42.5 Å². The predicted molar refractivity (Wildman–Crippen MR) is 76.7 cm³/mol. The number of carbonyl (C=O) groups is 2. The van der Waals surface area contributed by atoms with Crippen molar-refractivity contribution >= 4 is 17.6 Å². The maximum absolute atomic E-state index is 12.3. The quantitative estimate of drug-likeness (QED) is 0.789. The molecule has 0 aliphatic carbocycles. The van der Waals surface area contributed by atoms with Crippen molar-refractivity contribution in [3.05, 3.63) is 29.8 Å². The lowest BCUT2D eigenvalue weighted by atomic mass is 9.86. The van der Waals surface area contributed by atoms with Crippen molar-refractivity contribution in [3.63, 3.8) is 0 Å². The van der Waals surface area contributed by atoms with E-state index in [1.54, 1.807) is 4.90 Å². The highest BCUT2D eigenvalue weighted by Crippen LogP contribution is 2.36. The number of likely N-dealkylation sites (tertiary alicyclic amines) is 1. The zero-order chi connectivity index (χ0) is 14.3. The first-order valence-electron chi connectivity index (χ1n) is 6.94. The largest absolute Gasteiger partial charge is 0.329 e. The summed E-state index contributed by atoms with van der Waals surface area (Å²) in [5.41, 5.74) is 1.22. The number of nitrogens with zero attached hydrogens (tertiary/aromatic N) is 2. The van der Waals surface area contributed by atoms with Crippen LogP contribution in [0.5, 0.6) is 0 Å². The van der Waals surface area contributed by atoms with Crippen molar-refractivity contribution in [3.8, 4) is 0 Å². The van der Waals surface area contributed by atoms with Gasteiger partial charge in [-0.2, -0.15) is 0 Å². The smallest absolute Gasteiger partial charge is 0.306 e. The van der Waals surface area contributed by atoms with Gasteiger partial charge in [0.25, 0.3) is 5.91 Å². The van der Waals surface area contributed by atoms with Gasteiger partial charge in [0.05, 0.1) is 0 Å². The number of anilines is 1. The standard InChI is InChI=1S/C15H19N3O2/c1-11-3-5-12(6-4-11)18-14(20)16-13(19)15(18)7-9-17(2)10-8-15/h3-6H,7-10H2,1-2H3,(H,16,19,20). The van der Waals surface area contributed by atoms with Crippen LogP contribution < -0.4 is 10.2 Å². The lowest BCUT2D eigenvalue weighted by Gasteiger charge is -2.41. The molecule has 1 aromatic carbocycles. The molecule has 1 aromatic rings. The number of carbonyl (C=O) groups excluding carboxylic acids is 2. The number of rotatable bonds is 1. The van der Waals surface area contributed by atoms with Gasteiger partial charge >= 0.3 is 6.03 Å². The van der Waals surface area contributed by atoms with E-state index in [9.17, 15) is 9.59 Å². The van der Waals surface area contributed by atoms with Gasteiger partial charge in [-0.15, -0.1) is 0 Å². The molecule has 0 radical (unpaired) electrons. The van der Waals surface area contributed by atoms with Crippen molar-refractivity contribution in [2.75, 3.05) is 25.0 Å². The molecule has 0 saturated carbocycles. The van der Waals surface area contributed by atoms with Gasteiger partial charge in [-0.3, -0.25) is 15.0 Å². The Balaban J connectivity index is 2.00. The Morgan fingerprint density at radius 3 is 2.30 bits per heavy atom. The monoisotopic (exact) mass is 273 g/mol. The molecule has 0 unspecified atom stereocenters. The molecule has 0 aromatic heterocycles. The zero-order valence-corrected chi connectivity index (χ0v) is 11.8. The van der Waals surface area contributed by atoms with Crippen molar-refractivity contribution in [1.82, 2.24) is 10.2 Å². The van der Waals surface area contributed by atoms with E-state index in [2.05, 4.69) is 10.2 Å². The summed E-state index contributed by atoms with van der Waals surface area (Å²) in [5, 5.41) is 2.48. The first-order chi connectivity index (χ1) is 9.53. The van der Waals surface area contributed by atoms with Crippen molar-refractivity contribution in [2.24, 2.45) is 0 Å². The highest BCUT2D eigenvalue weighted by atomic mass is 16.2. The number of nitrogens with one attached hydrogen (secondary N) is 1. The van der Waals surface area contributed by atoms with Gasteiger partial charge in [-0.1, -0.05) is 17.7 Å². The van der Waals surface area contributed by atoms with Crippen LogP contribution in [0.25, 0.3) is 0 Å². The summed E-state index contributed by atoms with van der Waals surface area (Å²) >= 11 is 0. The van der Waals surface area contributed by atoms with Crippen molar-refractivity contribution < 1.29 is 9.59 Å². The first-order valence-corrected chi connectivity index (χ1v) is 6.94. The number of hydrogen-bond donors (Lipinski definition) is 1. The third-order valence-corrected chi connectivity index (χ3v) is 4.38. The van der Waals surface area contributed by atoms with Crippen LogP contribution in [0, 0.1) is 6.92 Å². The average Bonchev–Trinajstić information content (AvgIpc) is 2.66. The second kappa shape index (κ2) is 4.59. The van der Waals surface area contributed by atoms with Crippen molar-refractivity contribution in [1.29, 1.82) is 0 Å². The Bertz CT molecular complexity index is 545. The lowest BCUT2D eigenvalue weighted by molar-refractivity contribution is -0.124. The van der Waals surface area contributed by atoms with Crippen LogP contribution in [-0.2, 0) is 4.79 Å². The van der Waals surface area contributed by atoms with Gasteiger partial charge < -0.3 is 4.90 Å². The molecule has 1 N–H and O–H groups in total. The number of benzene rings is 1. The minimum Gasteiger partial charge on any atom is -0.306 e. The SMILES string of the molecule is Cc1ccc(N2C(=O)NC(=O)C23CCN(C)CC3)cc1. The Hall–Kier alpha value is -1.88. The predicted octanol–water partition coefficient (Wildman–Crippen LogP) is 1.52. The number of imide groups is 1. The summed E-state index contributed by atoms with van der Waals surface area (Å²) < 4.78 is 0. The average molecular weight is 273 g/mol. The van der Waals surface area contributed by atoms with Crippen LogP contribution in [0.1, 0.15) is 18.4 Å². The molecule has 0 atom stereocenters. The first kappa shape index (κ1) is 13.1. The van der Waals surface area contributed by atoms with E-state index in [1.807, 2.05) is 38.2 Å². The molecule has 3 rings (SSSR count). The van der Waals surface area contributed by atoms with Crippen LogP contribution in [0.15, 0.2) is 24.3 Å². The number of piperidine rings is 1. The second-order valence-corrected chi connectivity index (χ2v) is 5.77. The summed E-state index contributed by atoms with van der Waals surface area (Å²) in [6, 6.07) is 7.45. The maximum Gasteiger partial charge on any atom is 0.329 e. The molecule has 2 aliphatic rings. The Morgan fingerprint density at radius 1 is 1.10 bits per heavy atom. The Kier molecular flexibility index (Phi) is 3.01. The van der Waals surface area contributed by atoms with E-state index in [1.165, 1.54) is 0 Å². The molecule has 20 heavy (non-hydrogen) atoms. The summed E-state index contributed by atoms with van der Waals surface area (Å²) in [7, 11) is 2.04. The van der Waals surface area contributed by atoms with E-state index in [0.717, 1.165) is 24.3 Å². The van der Waals surface area contributed by atoms with Gasteiger partial charge in [-0.25, -0.2) is 4.79 Å². The normalized spacial score (nSPS) is 22.4. The van der Waals surface area contributed by atoms with Gasteiger partial charge in [0.2, 0.25) is 0 Å². The zero-order valence-electron chi connectivity index (χ0n) is 11.8. The molecular formula is C15H19N3O2. The molecule has 2 aliphatic heterocycles. The molecular weight excluding hydrogens is 254 g/mol. The Morgan fingerprint density at radius 2 is 1.70 bits per heavy atom. The van der Waals surface area contributed by atoms with Crippen LogP contribution in [0.3, 0.4) is 0 Å². The Labute approximate surface area is 118 Å². The fourth-order valence-electron chi connectivity index (χ4n) is 3.06. The van der Waals surface area contributed by atoms with Gasteiger partial charge in [-0.05, 0) is 38.9 Å². The highest BCUT2D eigenvalue weighted by Gasteiger charge is 2.54. The van der Waals surface area contributed by atoms with Gasteiger partial charge in [0.1, 0.15) is 5.54 Å². The summed E-state index contributed by atoms with van der Waals surface area (Å²) in [6.07, 6.45) is 1.35. The van der Waals surface area contributed by atoms with Gasteiger partial charge in [0, 0.05) is 18.8 Å². The van der Waals surface area contributed by atoms with E-state index < -0.39 is 5.54 Å². The third kappa shape index (κ3) is 1.89. The molecule has 1 spiro atoms. The van der Waals surface area contributed by atoms with Crippen LogP contribution in [0.2, 0.25) is 0 Å². The minimum atomic E-state index is -0.709. The lowest BCUT2D eigenvalue weighted by Crippen LogP contribution is -2.56. The molecule has 3 amide bonds. The topological polar surface area (TPSA) is 52.7 Å². The highest BCUT2D eigenvalue weighted by molar-refractivity contribution is 6.17.